The summed E-state index contributed by atoms with van der Waals surface area (Å²) >= 11 is 0. The second-order valence-corrected chi connectivity index (χ2v) is 19.9. The maximum atomic E-state index is 9.49. The summed E-state index contributed by atoms with van der Waals surface area (Å²) in [4.78, 5) is 5.28. The van der Waals surface area contributed by atoms with Crippen LogP contribution in [0.2, 0.25) is 19.6 Å². The zero-order valence-electron chi connectivity index (χ0n) is 31.9. The van der Waals surface area contributed by atoms with Gasteiger partial charge in [0.2, 0.25) is 0 Å². The van der Waals surface area contributed by atoms with Crippen LogP contribution in [0.4, 0.5) is 0 Å². The molecule has 0 spiro atoms. The minimum Gasteiger partial charge on any atom is -0.455 e. The van der Waals surface area contributed by atoms with E-state index in [1.165, 1.54) is 10.8 Å². The zero-order valence-corrected chi connectivity index (χ0v) is 30.9. The van der Waals surface area contributed by atoms with Crippen molar-refractivity contribution >= 4 is 46.2 Å². The molecule has 0 radical (unpaired) electrons. The van der Waals surface area contributed by atoms with Gasteiger partial charge in [0.25, 0.3) is 0 Å². The van der Waals surface area contributed by atoms with Crippen LogP contribution in [0.5, 0.6) is 0 Å². The highest BCUT2D eigenvalue weighted by molar-refractivity contribution is 6.88. The van der Waals surface area contributed by atoms with Crippen molar-refractivity contribution in [1.29, 1.82) is 0 Å². The van der Waals surface area contributed by atoms with Crippen molar-refractivity contribution in [3.05, 3.63) is 139 Å². The van der Waals surface area contributed by atoms with Gasteiger partial charge in [0, 0.05) is 13.5 Å². The normalized spacial score (nSPS) is 13.3. The number of hydrogen-bond acceptors (Lipinski definition) is 2. The van der Waals surface area contributed by atoms with E-state index in [0.29, 0.717) is 0 Å². The molecule has 2 aromatic heterocycles. The van der Waals surface area contributed by atoms with E-state index >= 15 is 0 Å². The molecular formula is C46H44N2OSi. The zero-order chi connectivity index (χ0) is 36.6. The van der Waals surface area contributed by atoms with Crippen molar-refractivity contribution in [3.8, 4) is 39.3 Å². The Kier molecular flexibility index (Phi) is 7.30. The van der Waals surface area contributed by atoms with Gasteiger partial charge in [-0.05, 0) is 87.6 Å². The first-order valence-corrected chi connectivity index (χ1v) is 21.0. The Morgan fingerprint density at radius 2 is 1.26 bits per heavy atom. The molecular weight excluding hydrogens is 625 g/mol. The fourth-order valence-corrected chi connectivity index (χ4v) is 8.35. The van der Waals surface area contributed by atoms with Crippen LogP contribution in [0.3, 0.4) is 0 Å². The highest BCUT2D eigenvalue weighted by Crippen LogP contribution is 2.43. The molecule has 8 aromatic rings. The van der Waals surface area contributed by atoms with Crippen LogP contribution in [0.1, 0.15) is 53.4 Å². The second-order valence-electron chi connectivity index (χ2n) is 14.9. The summed E-state index contributed by atoms with van der Waals surface area (Å²) < 4.78 is 28.0. The van der Waals surface area contributed by atoms with E-state index in [9.17, 15) is 2.74 Å². The van der Waals surface area contributed by atoms with Crippen LogP contribution in [0.25, 0.3) is 72.3 Å². The number of furan rings is 1. The Morgan fingerprint density at radius 3 is 1.94 bits per heavy atom. The molecule has 0 aliphatic rings. The molecule has 0 N–H and O–H groups in total. The van der Waals surface area contributed by atoms with E-state index in [4.69, 9.17) is 9.40 Å². The maximum absolute atomic E-state index is 9.49. The number of benzene rings is 6. The molecule has 50 heavy (non-hydrogen) atoms. The largest absolute Gasteiger partial charge is 0.455 e. The van der Waals surface area contributed by atoms with Crippen LogP contribution >= 0.6 is 0 Å². The van der Waals surface area contributed by atoms with Crippen LogP contribution in [0.15, 0.2) is 132 Å². The van der Waals surface area contributed by atoms with E-state index in [0.717, 1.165) is 77.9 Å². The van der Waals surface area contributed by atoms with Crippen molar-refractivity contribution in [1.82, 2.24) is 9.55 Å². The lowest BCUT2D eigenvalue weighted by Gasteiger charge is -2.24. The average molecular weight is 671 g/mol. The van der Waals surface area contributed by atoms with Crippen LogP contribution in [-0.4, -0.2) is 17.6 Å². The Hall–Kier alpha value is -5.19. The highest BCUT2D eigenvalue weighted by Gasteiger charge is 2.25. The summed E-state index contributed by atoms with van der Waals surface area (Å²) in [6.07, 6.45) is 0. The smallest absolute Gasteiger partial charge is 0.149 e. The molecule has 0 aliphatic heterocycles. The summed E-state index contributed by atoms with van der Waals surface area (Å²) in [6.45, 7) is 14.8. The molecule has 0 atom stereocenters. The predicted molar refractivity (Wildman–Crippen MR) is 216 cm³/mol. The molecule has 0 unspecified atom stereocenters. The number of para-hydroxylation sites is 3. The Labute approximate surface area is 299 Å². The molecule has 0 saturated heterocycles. The average Bonchev–Trinajstić information content (AvgIpc) is 3.68. The third kappa shape index (κ3) is 5.48. The summed E-state index contributed by atoms with van der Waals surface area (Å²) in [5.41, 5.74) is 11.0. The molecule has 0 aliphatic carbocycles. The lowest BCUT2D eigenvalue weighted by atomic mass is 9.88. The van der Waals surface area contributed by atoms with Crippen LogP contribution in [0, 0.1) is 0 Å². The van der Waals surface area contributed by atoms with Gasteiger partial charge in [-0.2, -0.15) is 0 Å². The number of nitrogens with zero attached hydrogens (tertiary/aromatic N) is 2. The number of rotatable bonds is 7. The molecule has 0 amide bonds. The molecule has 0 saturated carbocycles. The maximum Gasteiger partial charge on any atom is 0.149 e. The third-order valence-corrected chi connectivity index (χ3v) is 12.0. The minimum absolute atomic E-state index is 0.719. The van der Waals surface area contributed by atoms with Gasteiger partial charge in [-0.3, -0.25) is 4.57 Å². The fraction of sp³-hybridized carbons (Fsp3) is 0.196. The second kappa shape index (κ2) is 12.3. The quantitative estimate of drug-likeness (QED) is 0.158. The standard InChI is InChI=1S/C46H44N2OSi/c1-29(2)39-26-34(31-14-9-8-10-15-31)27-40(30(3)4)44(39)48-42-19-12-11-18-41(42)47-46(48)38-17-13-16-37-36-25-22-33(28-43(36)49-45(37)38)32-20-23-35(24-21-32)50(5,6)7/h8-30H,1-7H3/i29D,30D. The van der Waals surface area contributed by atoms with E-state index in [2.05, 4.69) is 115 Å². The lowest BCUT2D eigenvalue weighted by Crippen LogP contribution is -2.37. The van der Waals surface area contributed by atoms with Crippen molar-refractivity contribution in [2.24, 2.45) is 0 Å². The molecule has 248 valence electrons. The van der Waals surface area contributed by atoms with Crippen LogP contribution < -0.4 is 5.19 Å². The first kappa shape index (κ1) is 29.7. The molecule has 0 fully saturated rings. The molecule has 3 nitrogen and oxygen atoms in total. The van der Waals surface area contributed by atoms with E-state index < -0.39 is 19.9 Å². The third-order valence-electron chi connectivity index (χ3n) is 9.90. The Bertz CT molecular complexity index is 2580. The summed E-state index contributed by atoms with van der Waals surface area (Å²) in [7, 11) is -1.40. The van der Waals surface area contributed by atoms with Gasteiger partial charge in [-0.1, -0.05) is 137 Å². The number of imidazole rings is 1. The summed E-state index contributed by atoms with van der Waals surface area (Å²) in [5, 5.41) is 3.51. The van der Waals surface area contributed by atoms with Gasteiger partial charge in [-0.15, -0.1) is 0 Å². The van der Waals surface area contributed by atoms with Crippen molar-refractivity contribution < 1.29 is 7.16 Å². The predicted octanol–water partition coefficient (Wildman–Crippen LogP) is 12.7. The van der Waals surface area contributed by atoms with E-state index in [1.807, 2.05) is 64.1 Å². The number of hydrogen-bond donors (Lipinski definition) is 0. The molecule has 6 aromatic carbocycles. The van der Waals surface area contributed by atoms with Crippen LogP contribution in [-0.2, 0) is 0 Å². The summed E-state index contributed by atoms with van der Waals surface area (Å²) in [6, 6.07) is 44.4. The number of fused-ring (bicyclic) bond motifs is 4. The van der Waals surface area contributed by atoms with Crippen molar-refractivity contribution in [2.45, 2.75) is 59.1 Å². The molecule has 4 heteroatoms. The topological polar surface area (TPSA) is 31.0 Å². The minimum atomic E-state index is -1.40. The first-order valence-electron chi connectivity index (χ1n) is 18.5. The molecule has 0 bridgehead atoms. The summed E-state index contributed by atoms with van der Waals surface area (Å²) in [5.74, 6) is -1.26. The lowest BCUT2D eigenvalue weighted by molar-refractivity contribution is 0.669. The number of aromatic nitrogens is 2. The van der Waals surface area contributed by atoms with Gasteiger partial charge in [-0.25, -0.2) is 4.98 Å². The van der Waals surface area contributed by atoms with Gasteiger partial charge >= 0.3 is 0 Å². The van der Waals surface area contributed by atoms with E-state index in [-0.39, 0.29) is 0 Å². The highest BCUT2D eigenvalue weighted by atomic mass is 28.3. The SMILES string of the molecule is [2H]C(C)(C)c1cc(-c2ccccc2)cc(C([2H])(C)C)c1-n1c(-c2cccc3c2oc2cc(-c4ccc([Si](C)(C)C)cc4)ccc23)nc2ccccc21. The molecule has 2 heterocycles. The van der Waals surface area contributed by atoms with Crippen molar-refractivity contribution in [3.63, 3.8) is 0 Å². The Balaban J connectivity index is 1.39. The van der Waals surface area contributed by atoms with Gasteiger partial charge in [0.15, 0.2) is 0 Å². The molecule has 8 rings (SSSR count). The Morgan fingerprint density at radius 1 is 0.620 bits per heavy atom. The van der Waals surface area contributed by atoms with Gasteiger partial charge < -0.3 is 4.42 Å². The monoisotopic (exact) mass is 670 g/mol. The first-order chi connectivity index (χ1) is 24.7. The van der Waals surface area contributed by atoms with Gasteiger partial charge in [0.1, 0.15) is 17.0 Å². The van der Waals surface area contributed by atoms with Gasteiger partial charge in [0.05, 0.1) is 30.4 Å². The fourth-order valence-electron chi connectivity index (χ4n) is 7.18. The van der Waals surface area contributed by atoms with Crippen molar-refractivity contribution in [2.75, 3.05) is 0 Å². The van der Waals surface area contributed by atoms with E-state index in [1.54, 1.807) is 0 Å².